The van der Waals surface area contributed by atoms with E-state index in [1.54, 1.807) is 0 Å². The lowest BCUT2D eigenvalue weighted by Crippen LogP contribution is -2.53. The number of carbonyl (C=O) groups is 1. The van der Waals surface area contributed by atoms with E-state index in [-0.39, 0.29) is 11.9 Å². The molecule has 1 N–H and O–H groups in total. The highest BCUT2D eigenvalue weighted by molar-refractivity contribution is 5.81. The Balaban J connectivity index is 1.23. The molecule has 2 atom stereocenters. The molecule has 4 rings (SSSR count). The Morgan fingerprint density at radius 3 is 2.52 bits per heavy atom. The van der Waals surface area contributed by atoms with Crippen LogP contribution in [-0.2, 0) is 11.3 Å². The number of fused-ring (bicyclic) bond motifs is 1. The van der Waals surface area contributed by atoms with Gasteiger partial charge in [0, 0.05) is 45.2 Å². The lowest BCUT2D eigenvalue weighted by molar-refractivity contribution is -0.126. The molecule has 0 radical (unpaired) electrons. The zero-order chi connectivity index (χ0) is 21.6. The van der Waals surface area contributed by atoms with Crippen LogP contribution in [0.4, 0.5) is 0 Å². The fourth-order valence-corrected chi connectivity index (χ4v) is 4.37. The number of piperazine rings is 1. The van der Waals surface area contributed by atoms with Gasteiger partial charge in [-0.05, 0) is 36.6 Å². The molecule has 0 spiro atoms. The van der Waals surface area contributed by atoms with E-state index in [0.29, 0.717) is 19.3 Å². The molecule has 166 valence electrons. The molecule has 1 saturated heterocycles. The van der Waals surface area contributed by atoms with Crippen LogP contribution in [0.15, 0.2) is 48.5 Å². The van der Waals surface area contributed by atoms with Crippen LogP contribution in [0.3, 0.4) is 0 Å². The molecule has 0 bridgehead atoms. The number of benzene rings is 2. The maximum absolute atomic E-state index is 12.8. The average molecular weight is 424 g/mol. The first-order valence-electron chi connectivity index (χ1n) is 11.3. The molecule has 0 aromatic heterocycles. The first-order chi connectivity index (χ1) is 15.1. The number of rotatable bonds is 8. The summed E-state index contributed by atoms with van der Waals surface area (Å²) in [6.45, 7) is 9.78. The summed E-state index contributed by atoms with van der Waals surface area (Å²) in [5.41, 5.74) is 2.52. The van der Waals surface area contributed by atoms with E-state index in [4.69, 9.17) is 9.47 Å². The summed E-state index contributed by atoms with van der Waals surface area (Å²) in [6.07, 6.45) is 1.01. The van der Waals surface area contributed by atoms with E-state index in [9.17, 15) is 4.79 Å². The summed E-state index contributed by atoms with van der Waals surface area (Å²) in [6, 6.07) is 16.5. The lowest BCUT2D eigenvalue weighted by atomic mass is 9.96. The molecule has 2 aromatic rings. The van der Waals surface area contributed by atoms with Crippen LogP contribution in [0.1, 0.15) is 37.3 Å². The van der Waals surface area contributed by atoms with Crippen molar-refractivity contribution in [3.8, 4) is 11.5 Å². The first-order valence-corrected chi connectivity index (χ1v) is 11.3. The zero-order valence-electron chi connectivity index (χ0n) is 18.5. The molecule has 1 fully saturated rings. The van der Waals surface area contributed by atoms with Gasteiger partial charge >= 0.3 is 0 Å². The predicted molar refractivity (Wildman–Crippen MR) is 121 cm³/mol. The first kappa shape index (κ1) is 21.7. The minimum Gasteiger partial charge on any atom is -0.454 e. The van der Waals surface area contributed by atoms with Crippen molar-refractivity contribution in [1.29, 1.82) is 0 Å². The molecule has 0 aliphatic carbocycles. The van der Waals surface area contributed by atoms with Crippen molar-refractivity contribution in [2.45, 2.75) is 38.8 Å². The third-order valence-electron chi connectivity index (χ3n) is 6.46. The standard InChI is InChI=1S/C25H33N3O3/c1-3-21(22-7-5-4-6-8-22)16-26-25(29)19(2)28-13-11-27(12-14-28)17-20-9-10-23-24(15-20)31-18-30-23/h4-10,15,19,21H,3,11-14,16-18H2,1-2H3,(H,26,29)/t19-,21-/m1/s1. The monoisotopic (exact) mass is 423 g/mol. The van der Waals surface area contributed by atoms with Gasteiger partial charge in [-0.1, -0.05) is 43.3 Å². The fourth-order valence-electron chi connectivity index (χ4n) is 4.37. The van der Waals surface area contributed by atoms with Crippen molar-refractivity contribution in [2.24, 2.45) is 0 Å². The van der Waals surface area contributed by atoms with E-state index in [2.05, 4.69) is 58.4 Å². The smallest absolute Gasteiger partial charge is 0.237 e. The molecule has 6 nitrogen and oxygen atoms in total. The summed E-state index contributed by atoms with van der Waals surface area (Å²) < 4.78 is 10.9. The van der Waals surface area contributed by atoms with Gasteiger partial charge in [0.15, 0.2) is 11.5 Å². The predicted octanol–water partition coefficient (Wildman–Crippen LogP) is 3.23. The van der Waals surface area contributed by atoms with E-state index < -0.39 is 0 Å². The number of hydrogen-bond acceptors (Lipinski definition) is 5. The third-order valence-corrected chi connectivity index (χ3v) is 6.46. The maximum atomic E-state index is 12.8. The van der Waals surface area contributed by atoms with E-state index in [0.717, 1.165) is 50.6 Å². The Labute approximate surface area is 185 Å². The van der Waals surface area contributed by atoms with Crippen molar-refractivity contribution < 1.29 is 14.3 Å². The Kier molecular flexibility index (Phi) is 7.10. The van der Waals surface area contributed by atoms with Gasteiger partial charge in [0.1, 0.15) is 0 Å². The van der Waals surface area contributed by atoms with E-state index in [1.165, 1.54) is 11.1 Å². The summed E-state index contributed by atoms with van der Waals surface area (Å²) in [4.78, 5) is 17.5. The highest BCUT2D eigenvalue weighted by atomic mass is 16.7. The van der Waals surface area contributed by atoms with Gasteiger partial charge in [-0.3, -0.25) is 14.6 Å². The summed E-state index contributed by atoms with van der Waals surface area (Å²) >= 11 is 0. The molecular weight excluding hydrogens is 390 g/mol. The van der Waals surface area contributed by atoms with Crippen molar-refractivity contribution >= 4 is 5.91 Å². The molecule has 2 aromatic carbocycles. The second-order valence-electron chi connectivity index (χ2n) is 8.44. The second-order valence-corrected chi connectivity index (χ2v) is 8.44. The molecule has 0 unspecified atom stereocenters. The van der Waals surface area contributed by atoms with Gasteiger partial charge in [0.2, 0.25) is 12.7 Å². The van der Waals surface area contributed by atoms with Crippen molar-refractivity contribution in [3.05, 3.63) is 59.7 Å². The molecule has 2 heterocycles. The topological polar surface area (TPSA) is 54.0 Å². The summed E-state index contributed by atoms with van der Waals surface area (Å²) in [7, 11) is 0. The molecule has 2 aliphatic heterocycles. The highest BCUT2D eigenvalue weighted by Crippen LogP contribution is 2.32. The van der Waals surface area contributed by atoms with Crippen LogP contribution >= 0.6 is 0 Å². The van der Waals surface area contributed by atoms with Crippen molar-refractivity contribution in [3.63, 3.8) is 0 Å². The van der Waals surface area contributed by atoms with Gasteiger partial charge < -0.3 is 14.8 Å². The molecule has 6 heteroatoms. The fraction of sp³-hybridized carbons (Fsp3) is 0.480. The van der Waals surface area contributed by atoms with Crippen LogP contribution in [0.5, 0.6) is 11.5 Å². The quantitative estimate of drug-likeness (QED) is 0.707. The van der Waals surface area contributed by atoms with Crippen molar-refractivity contribution in [1.82, 2.24) is 15.1 Å². The molecule has 31 heavy (non-hydrogen) atoms. The molecule has 1 amide bonds. The normalized spacial score (nSPS) is 18.5. The van der Waals surface area contributed by atoms with E-state index >= 15 is 0 Å². The third kappa shape index (κ3) is 5.38. The highest BCUT2D eigenvalue weighted by Gasteiger charge is 2.26. The average Bonchev–Trinajstić information content (AvgIpc) is 3.28. The van der Waals surface area contributed by atoms with Crippen LogP contribution < -0.4 is 14.8 Å². The van der Waals surface area contributed by atoms with Crippen LogP contribution in [0, 0.1) is 0 Å². The van der Waals surface area contributed by atoms with Gasteiger partial charge in [-0.2, -0.15) is 0 Å². The minimum absolute atomic E-state index is 0.110. The molecule has 2 aliphatic rings. The number of nitrogens with zero attached hydrogens (tertiary/aromatic N) is 2. The van der Waals surface area contributed by atoms with Gasteiger partial charge in [-0.15, -0.1) is 0 Å². The Hall–Kier alpha value is -2.57. The molecular formula is C25H33N3O3. The number of ether oxygens (including phenoxy) is 2. The summed E-state index contributed by atoms with van der Waals surface area (Å²) in [5.74, 6) is 2.14. The number of carbonyl (C=O) groups excluding carboxylic acids is 1. The maximum Gasteiger partial charge on any atom is 0.237 e. The SMILES string of the molecule is CC[C@H](CNC(=O)[C@@H](C)N1CCN(Cc2ccc3c(c2)OCO3)CC1)c1ccccc1. The Morgan fingerprint density at radius 2 is 1.77 bits per heavy atom. The van der Waals surface area contributed by atoms with E-state index in [1.807, 2.05) is 19.1 Å². The zero-order valence-corrected chi connectivity index (χ0v) is 18.5. The Bertz CT molecular complexity index is 866. The number of amides is 1. The van der Waals surface area contributed by atoms with Gasteiger partial charge in [0.05, 0.1) is 6.04 Å². The van der Waals surface area contributed by atoms with Crippen LogP contribution in [0.25, 0.3) is 0 Å². The van der Waals surface area contributed by atoms with Crippen molar-refractivity contribution in [2.75, 3.05) is 39.5 Å². The Morgan fingerprint density at radius 1 is 1.03 bits per heavy atom. The summed E-state index contributed by atoms with van der Waals surface area (Å²) in [5, 5.41) is 3.18. The number of hydrogen-bond donors (Lipinski definition) is 1. The van der Waals surface area contributed by atoms with Gasteiger partial charge in [0.25, 0.3) is 0 Å². The van der Waals surface area contributed by atoms with Crippen LogP contribution in [-0.4, -0.2) is 61.3 Å². The molecule has 0 saturated carbocycles. The minimum atomic E-state index is -0.110. The lowest BCUT2D eigenvalue weighted by Gasteiger charge is -2.37. The second kappa shape index (κ2) is 10.2. The van der Waals surface area contributed by atoms with Gasteiger partial charge in [-0.25, -0.2) is 0 Å². The largest absolute Gasteiger partial charge is 0.454 e. The number of nitrogens with one attached hydrogen (secondary N) is 1. The van der Waals surface area contributed by atoms with Crippen LogP contribution in [0.2, 0.25) is 0 Å².